The summed E-state index contributed by atoms with van der Waals surface area (Å²) < 4.78 is 26.6. The highest BCUT2D eigenvalue weighted by Gasteiger charge is 2.17. The molecule has 3 nitrogen and oxygen atoms in total. The number of aromatic nitrogens is 1. The van der Waals surface area contributed by atoms with E-state index in [0.717, 1.165) is 16.7 Å². The van der Waals surface area contributed by atoms with Crippen LogP contribution in [0.4, 0.5) is 8.78 Å². The summed E-state index contributed by atoms with van der Waals surface area (Å²) >= 11 is 0. The normalized spacial score (nSPS) is 10.5. The molecule has 0 radical (unpaired) electrons. The predicted molar refractivity (Wildman–Crippen MR) is 113 cm³/mol. The minimum absolute atomic E-state index is 0.121. The van der Waals surface area contributed by atoms with Crippen molar-refractivity contribution < 1.29 is 13.9 Å². The monoisotopic (exact) mass is 393 g/mol. The van der Waals surface area contributed by atoms with Gasteiger partial charge in [-0.2, -0.15) is 0 Å². The average Bonchev–Trinajstić information content (AvgIpc) is 2.71. The zero-order chi connectivity index (χ0) is 21.1. The lowest BCUT2D eigenvalue weighted by Gasteiger charge is -2.12. The second-order valence-electron chi connectivity index (χ2n) is 6.40. The summed E-state index contributed by atoms with van der Waals surface area (Å²) in [5.74, 6) is -1.03. The van der Waals surface area contributed by atoms with Gasteiger partial charge in [0.2, 0.25) is 0 Å². The van der Waals surface area contributed by atoms with Crippen molar-refractivity contribution in [2.75, 3.05) is 0 Å². The molecule has 0 aliphatic carbocycles. The number of rotatable bonds is 2. The van der Waals surface area contributed by atoms with Crippen LogP contribution in [0.1, 0.15) is 19.4 Å². The van der Waals surface area contributed by atoms with Gasteiger partial charge in [0.05, 0.1) is 11.1 Å². The molecule has 3 aromatic carbocycles. The second-order valence-corrected chi connectivity index (χ2v) is 6.40. The molecule has 0 atom stereocenters. The van der Waals surface area contributed by atoms with E-state index < -0.39 is 11.4 Å². The molecule has 0 unspecified atom stereocenters. The molecule has 0 saturated carbocycles. The van der Waals surface area contributed by atoms with Gasteiger partial charge < -0.3 is 10.1 Å². The van der Waals surface area contributed by atoms with Gasteiger partial charge in [0.1, 0.15) is 17.4 Å². The summed E-state index contributed by atoms with van der Waals surface area (Å²) in [6, 6.07) is 15.3. The van der Waals surface area contributed by atoms with E-state index in [2.05, 4.69) is 4.98 Å². The molecule has 5 heteroatoms. The largest absolute Gasteiger partial charge is 0.506 e. The smallest absolute Gasteiger partial charge is 0.260 e. The Kier molecular flexibility index (Phi) is 5.78. The van der Waals surface area contributed by atoms with Gasteiger partial charge in [-0.15, -0.1) is 0 Å². The van der Waals surface area contributed by atoms with E-state index in [4.69, 9.17) is 0 Å². The molecular weight excluding hydrogens is 372 g/mol. The van der Waals surface area contributed by atoms with Crippen molar-refractivity contribution in [3.8, 4) is 28.0 Å². The van der Waals surface area contributed by atoms with E-state index in [-0.39, 0.29) is 22.6 Å². The molecule has 1 heterocycles. The van der Waals surface area contributed by atoms with E-state index in [1.807, 2.05) is 32.9 Å². The topological polar surface area (TPSA) is 53.1 Å². The van der Waals surface area contributed by atoms with Crippen LogP contribution in [-0.2, 0) is 0 Å². The van der Waals surface area contributed by atoms with E-state index in [9.17, 15) is 18.7 Å². The van der Waals surface area contributed by atoms with E-state index >= 15 is 0 Å². The van der Waals surface area contributed by atoms with Crippen LogP contribution in [0.25, 0.3) is 33.2 Å². The summed E-state index contributed by atoms with van der Waals surface area (Å²) in [6.45, 7) is 5.83. The number of pyridine rings is 1. The van der Waals surface area contributed by atoms with Crippen molar-refractivity contribution >= 4 is 10.9 Å². The van der Waals surface area contributed by atoms with Crippen molar-refractivity contribution in [2.24, 2.45) is 0 Å². The lowest BCUT2D eigenvalue weighted by atomic mass is 9.94. The Morgan fingerprint density at radius 3 is 2.14 bits per heavy atom. The van der Waals surface area contributed by atoms with Gasteiger partial charge in [0.25, 0.3) is 5.56 Å². The molecule has 4 rings (SSSR count). The molecule has 1 aromatic heterocycles. The molecule has 0 saturated heterocycles. The maximum absolute atomic E-state index is 13.4. The Labute approximate surface area is 167 Å². The Bertz CT molecular complexity index is 1230. The van der Waals surface area contributed by atoms with Gasteiger partial charge in [-0.1, -0.05) is 38.1 Å². The third-order valence-corrected chi connectivity index (χ3v) is 4.63. The van der Waals surface area contributed by atoms with Crippen LogP contribution < -0.4 is 5.56 Å². The van der Waals surface area contributed by atoms with Crippen LogP contribution in [0.5, 0.6) is 5.75 Å². The van der Waals surface area contributed by atoms with Crippen LogP contribution in [-0.4, -0.2) is 10.1 Å². The van der Waals surface area contributed by atoms with Gasteiger partial charge in [0, 0.05) is 5.39 Å². The zero-order valence-corrected chi connectivity index (χ0v) is 16.4. The average molecular weight is 393 g/mol. The van der Waals surface area contributed by atoms with E-state index in [1.165, 1.54) is 30.3 Å². The van der Waals surface area contributed by atoms with Crippen molar-refractivity contribution in [1.29, 1.82) is 0 Å². The number of nitrogens with one attached hydrogen (secondary N) is 1. The Morgan fingerprint density at radius 2 is 1.45 bits per heavy atom. The molecule has 2 N–H and O–H groups in total. The Morgan fingerprint density at radius 1 is 0.828 bits per heavy atom. The molecule has 0 spiro atoms. The first-order chi connectivity index (χ1) is 13.9. The third-order valence-electron chi connectivity index (χ3n) is 4.63. The number of hydrogen-bond acceptors (Lipinski definition) is 2. The molecule has 0 aliphatic rings. The molecule has 29 heavy (non-hydrogen) atoms. The first kappa shape index (κ1) is 20.3. The molecule has 4 aromatic rings. The molecule has 0 bridgehead atoms. The minimum atomic E-state index is -0.509. The number of aromatic amines is 1. The number of aromatic hydroxyl groups is 1. The highest BCUT2D eigenvalue weighted by atomic mass is 19.1. The number of fused-ring (bicyclic) bond motifs is 1. The first-order valence-electron chi connectivity index (χ1n) is 9.35. The van der Waals surface area contributed by atoms with Gasteiger partial charge in [-0.25, -0.2) is 8.78 Å². The van der Waals surface area contributed by atoms with Crippen molar-refractivity contribution in [3.05, 3.63) is 88.2 Å². The van der Waals surface area contributed by atoms with Crippen LogP contribution >= 0.6 is 0 Å². The summed E-state index contributed by atoms with van der Waals surface area (Å²) in [6.07, 6.45) is 0. The Balaban J connectivity index is 0.00000117. The number of halogens is 2. The fourth-order valence-corrected chi connectivity index (χ4v) is 3.22. The minimum Gasteiger partial charge on any atom is -0.506 e. The SMILES string of the molecule is CC.Cc1ccc(-c2ccc(F)cc2)cc1-c1c(O)c2ccc(F)cc2[nH]c1=O. The molecule has 0 amide bonds. The van der Waals surface area contributed by atoms with Crippen molar-refractivity contribution in [2.45, 2.75) is 20.8 Å². The summed E-state index contributed by atoms with van der Waals surface area (Å²) in [5, 5.41) is 11.1. The van der Waals surface area contributed by atoms with Gasteiger partial charge in [0.15, 0.2) is 0 Å². The van der Waals surface area contributed by atoms with E-state index in [0.29, 0.717) is 10.9 Å². The van der Waals surface area contributed by atoms with E-state index in [1.54, 1.807) is 18.2 Å². The van der Waals surface area contributed by atoms with Crippen molar-refractivity contribution in [3.63, 3.8) is 0 Å². The highest BCUT2D eigenvalue weighted by molar-refractivity contribution is 5.92. The van der Waals surface area contributed by atoms with Gasteiger partial charge >= 0.3 is 0 Å². The Hall–Kier alpha value is -3.47. The number of aryl methyl sites for hydroxylation is 1. The second kappa shape index (κ2) is 8.27. The highest BCUT2D eigenvalue weighted by Crippen LogP contribution is 2.36. The number of hydrogen-bond donors (Lipinski definition) is 2. The summed E-state index contributed by atoms with van der Waals surface area (Å²) in [7, 11) is 0. The summed E-state index contributed by atoms with van der Waals surface area (Å²) in [4.78, 5) is 15.3. The number of benzene rings is 3. The van der Waals surface area contributed by atoms with Crippen LogP contribution in [0.3, 0.4) is 0 Å². The zero-order valence-electron chi connectivity index (χ0n) is 16.4. The third kappa shape index (κ3) is 3.90. The standard InChI is InChI=1S/C22H15F2NO2.C2H6/c1-12-2-3-14(13-4-6-15(23)7-5-13)10-18(12)20-21(26)17-9-8-16(24)11-19(17)25-22(20)27;1-2/h2-11H,1H3,(H2,25,26,27);1-2H3. The van der Waals surface area contributed by atoms with Crippen molar-refractivity contribution in [1.82, 2.24) is 4.98 Å². The maximum Gasteiger partial charge on any atom is 0.260 e. The summed E-state index contributed by atoms with van der Waals surface area (Å²) in [5.41, 5.74) is 2.77. The fraction of sp³-hybridized carbons (Fsp3) is 0.125. The molecular formula is C24H21F2NO2. The number of H-pyrrole nitrogens is 1. The lowest BCUT2D eigenvalue weighted by molar-refractivity contribution is 0.482. The molecule has 0 aliphatic heterocycles. The molecule has 0 fully saturated rings. The van der Waals surface area contributed by atoms with Gasteiger partial charge in [-0.05, 0) is 65.6 Å². The first-order valence-corrected chi connectivity index (χ1v) is 9.35. The lowest BCUT2D eigenvalue weighted by Crippen LogP contribution is -2.10. The fourth-order valence-electron chi connectivity index (χ4n) is 3.22. The van der Waals surface area contributed by atoms with Gasteiger partial charge in [-0.3, -0.25) is 4.79 Å². The van der Waals surface area contributed by atoms with Crippen LogP contribution in [0.2, 0.25) is 0 Å². The molecule has 148 valence electrons. The van der Waals surface area contributed by atoms with Crippen LogP contribution in [0, 0.1) is 18.6 Å². The van der Waals surface area contributed by atoms with Crippen LogP contribution in [0.15, 0.2) is 65.5 Å². The maximum atomic E-state index is 13.4. The predicted octanol–water partition coefficient (Wildman–Crippen LogP) is 6.18. The quantitative estimate of drug-likeness (QED) is 0.427.